The maximum atomic E-state index is 10.7. The van der Waals surface area contributed by atoms with Crippen molar-refractivity contribution in [2.24, 2.45) is 16.9 Å². The highest BCUT2D eigenvalue weighted by molar-refractivity contribution is 7.19. The average Bonchev–Trinajstić information content (AvgIpc) is 3.37. The van der Waals surface area contributed by atoms with E-state index in [0.29, 0.717) is 11.8 Å². The highest BCUT2D eigenvalue weighted by Crippen LogP contribution is 2.39. The van der Waals surface area contributed by atoms with Crippen molar-refractivity contribution in [2.45, 2.75) is 25.9 Å². The molecule has 2 aliphatic rings. The number of benzene rings is 1. The molecule has 0 saturated carbocycles. The lowest BCUT2D eigenvalue weighted by Gasteiger charge is -2.42. The van der Waals surface area contributed by atoms with Crippen LogP contribution in [0.3, 0.4) is 0 Å². The molecule has 3 atom stereocenters. The second kappa shape index (κ2) is 7.93. The molecule has 0 radical (unpaired) electrons. The lowest BCUT2D eigenvalue weighted by atomic mass is 9.80. The molecular weight excluding hydrogens is 416 g/mol. The average molecular weight is 441 g/mol. The van der Waals surface area contributed by atoms with E-state index in [2.05, 4.69) is 37.9 Å². The maximum Gasteiger partial charge on any atom is 0.189 e. The number of piperidine rings is 1. The summed E-state index contributed by atoms with van der Waals surface area (Å²) in [4.78, 5) is 15.9. The fourth-order valence-corrected chi connectivity index (χ4v) is 5.43. The van der Waals surface area contributed by atoms with Gasteiger partial charge in [0.2, 0.25) is 0 Å². The summed E-state index contributed by atoms with van der Waals surface area (Å²) in [6.45, 7) is 2.96. The van der Waals surface area contributed by atoms with E-state index in [1.165, 1.54) is 17.7 Å². The Bertz CT molecular complexity index is 1100. The molecule has 31 heavy (non-hydrogen) atoms. The number of hydrazone groups is 1. The number of hydroxylamine groups is 1. The number of hydrogen-bond donors (Lipinski definition) is 1. The molecular formula is C21H24N6O3S. The number of nitrogens with zero attached hydrogens (tertiary/aromatic N) is 6. The quantitative estimate of drug-likeness (QED) is 0.647. The molecule has 0 unspecified atom stereocenters. The molecule has 0 amide bonds. The van der Waals surface area contributed by atoms with Crippen molar-refractivity contribution in [1.82, 2.24) is 25.0 Å². The van der Waals surface area contributed by atoms with Crippen LogP contribution in [0, 0.1) is 11.8 Å². The SMILES string of the molecule is COc1ccc(C[C@@H]2CCN3C(c4nc5cncnc5s4)=NN(O)[C@@H]3[C@@H]2C)c(OC)c1. The lowest BCUT2D eigenvalue weighted by Crippen LogP contribution is -2.52. The molecule has 2 aliphatic heterocycles. The smallest absolute Gasteiger partial charge is 0.189 e. The Morgan fingerprint density at radius 2 is 2.13 bits per heavy atom. The van der Waals surface area contributed by atoms with Gasteiger partial charge in [0.05, 0.1) is 20.4 Å². The maximum absolute atomic E-state index is 10.7. The highest BCUT2D eigenvalue weighted by atomic mass is 32.1. The molecule has 1 aromatic carbocycles. The summed E-state index contributed by atoms with van der Waals surface area (Å²) >= 11 is 1.46. The summed E-state index contributed by atoms with van der Waals surface area (Å²) in [5.74, 6) is 2.85. The molecule has 162 valence electrons. The molecule has 3 aromatic rings. The van der Waals surface area contributed by atoms with Gasteiger partial charge in [0.1, 0.15) is 28.2 Å². The zero-order chi connectivity index (χ0) is 21.5. The minimum Gasteiger partial charge on any atom is -0.497 e. The largest absolute Gasteiger partial charge is 0.497 e. The van der Waals surface area contributed by atoms with Gasteiger partial charge in [-0.05, 0) is 30.4 Å². The number of amidine groups is 1. The zero-order valence-electron chi connectivity index (χ0n) is 17.6. The summed E-state index contributed by atoms with van der Waals surface area (Å²) in [7, 11) is 3.33. The van der Waals surface area contributed by atoms with Crippen LogP contribution in [0.15, 0.2) is 35.8 Å². The highest BCUT2D eigenvalue weighted by Gasteiger charge is 2.45. The standard InChI is InChI=1S/C21H24N6O3S/c1-12-13(8-14-4-5-15(29-2)9-17(14)30-3)6-7-26-18(25-27(28)21(12)26)20-24-16-10-22-11-23-19(16)31-20/h4-5,9-13,21,28H,6-8H2,1-3H3/t12-,13+,21-/m1/s1. The van der Waals surface area contributed by atoms with Crippen LogP contribution in [0.5, 0.6) is 11.5 Å². The Morgan fingerprint density at radius 3 is 2.90 bits per heavy atom. The minimum absolute atomic E-state index is 0.181. The Labute approximate surface area is 183 Å². The van der Waals surface area contributed by atoms with Crippen LogP contribution in [-0.2, 0) is 6.42 Å². The summed E-state index contributed by atoms with van der Waals surface area (Å²) in [6, 6.07) is 5.94. The number of rotatable bonds is 5. The predicted molar refractivity (Wildman–Crippen MR) is 116 cm³/mol. The second-order valence-electron chi connectivity index (χ2n) is 7.87. The van der Waals surface area contributed by atoms with E-state index >= 15 is 0 Å². The Hall–Kier alpha value is -2.98. The third-order valence-corrected chi connectivity index (χ3v) is 7.20. The van der Waals surface area contributed by atoms with Gasteiger partial charge < -0.3 is 14.4 Å². The summed E-state index contributed by atoms with van der Waals surface area (Å²) < 4.78 is 10.9. The van der Waals surface area contributed by atoms with E-state index in [-0.39, 0.29) is 12.1 Å². The lowest BCUT2D eigenvalue weighted by molar-refractivity contribution is -0.172. The van der Waals surface area contributed by atoms with Gasteiger partial charge in [-0.3, -0.25) is 5.21 Å². The number of aromatic nitrogens is 3. The van der Waals surface area contributed by atoms with Crippen LogP contribution in [0.2, 0.25) is 0 Å². The van der Waals surface area contributed by atoms with Crippen molar-refractivity contribution >= 4 is 27.5 Å². The molecule has 2 aromatic heterocycles. The minimum atomic E-state index is -0.226. The number of ether oxygens (including phenoxy) is 2. The van der Waals surface area contributed by atoms with E-state index in [0.717, 1.165) is 57.0 Å². The molecule has 9 nitrogen and oxygen atoms in total. The van der Waals surface area contributed by atoms with E-state index in [1.807, 2.05) is 12.1 Å². The van der Waals surface area contributed by atoms with Gasteiger partial charge in [0.25, 0.3) is 0 Å². The van der Waals surface area contributed by atoms with Crippen LogP contribution in [0.1, 0.15) is 23.9 Å². The number of fused-ring (bicyclic) bond motifs is 2. The first kappa shape index (κ1) is 20.0. The van der Waals surface area contributed by atoms with Crippen LogP contribution in [0.4, 0.5) is 0 Å². The van der Waals surface area contributed by atoms with Gasteiger partial charge in [-0.15, -0.1) is 10.3 Å². The first-order valence-electron chi connectivity index (χ1n) is 10.2. The first-order chi connectivity index (χ1) is 15.1. The molecule has 0 bridgehead atoms. The topological polar surface area (TPSA) is 96.2 Å². The molecule has 0 aliphatic carbocycles. The zero-order valence-corrected chi connectivity index (χ0v) is 18.4. The van der Waals surface area contributed by atoms with E-state index in [1.54, 1.807) is 20.4 Å². The molecule has 1 saturated heterocycles. The summed E-state index contributed by atoms with van der Waals surface area (Å²) in [5, 5.41) is 16.9. The van der Waals surface area contributed by atoms with Crippen molar-refractivity contribution < 1.29 is 14.7 Å². The van der Waals surface area contributed by atoms with Crippen molar-refractivity contribution in [2.75, 3.05) is 20.8 Å². The number of thiazole rings is 1. The van der Waals surface area contributed by atoms with Crippen LogP contribution < -0.4 is 9.47 Å². The van der Waals surface area contributed by atoms with Crippen molar-refractivity contribution in [3.8, 4) is 11.5 Å². The Kier molecular flexibility index (Phi) is 5.11. The normalized spacial score (nSPS) is 23.1. The van der Waals surface area contributed by atoms with Crippen LogP contribution in [-0.4, -0.2) is 63.0 Å². The molecule has 1 N–H and O–H groups in total. The van der Waals surface area contributed by atoms with Gasteiger partial charge in [-0.1, -0.05) is 24.3 Å². The van der Waals surface area contributed by atoms with E-state index < -0.39 is 0 Å². The van der Waals surface area contributed by atoms with Gasteiger partial charge in [-0.2, -0.15) is 0 Å². The van der Waals surface area contributed by atoms with E-state index in [9.17, 15) is 5.21 Å². The fraction of sp³-hybridized carbons (Fsp3) is 0.429. The molecule has 4 heterocycles. The summed E-state index contributed by atoms with van der Waals surface area (Å²) in [6.07, 6.45) is 4.82. The molecule has 1 fully saturated rings. The van der Waals surface area contributed by atoms with Crippen molar-refractivity contribution in [1.29, 1.82) is 0 Å². The number of hydrogen-bond acceptors (Lipinski definition) is 10. The number of methoxy groups -OCH3 is 2. The van der Waals surface area contributed by atoms with Crippen molar-refractivity contribution in [3.63, 3.8) is 0 Å². The fourth-order valence-electron chi connectivity index (χ4n) is 4.55. The molecule has 10 heteroatoms. The summed E-state index contributed by atoms with van der Waals surface area (Å²) in [5.41, 5.74) is 1.88. The van der Waals surface area contributed by atoms with Crippen molar-refractivity contribution in [3.05, 3.63) is 41.3 Å². The second-order valence-corrected chi connectivity index (χ2v) is 8.85. The van der Waals surface area contributed by atoms with Gasteiger partial charge in [0, 0.05) is 18.5 Å². The first-order valence-corrected chi connectivity index (χ1v) is 11.0. The third-order valence-electron chi connectivity index (χ3n) is 6.22. The molecule has 5 rings (SSSR count). The van der Waals surface area contributed by atoms with Crippen LogP contribution in [0.25, 0.3) is 10.3 Å². The van der Waals surface area contributed by atoms with Gasteiger partial charge >= 0.3 is 0 Å². The van der Waals surface area contributed by atoms with E-state index in [4.69, 9.17) is 9.47 Å². The third kappa shape index (κ3) is 3.45. The Morgan fingerprint density at radius 1 is 1.26 bits per heavy atom. The molecule has 0 spiro atoms. The van der Waals surface area contributed by atoms with Crippen LogP contribution >= 0.6 is 11.3 Å². The van der Waals surface area contributed by atoms with Gasteiger partial charge in [-0.25, -0.2) is 15.0 Å². The Balaban J connectivity index is 1.37. The van der Waals surface area contributed by atoms with Gasteiger partial charge in [0.15, 0.2) is 17.0 Å². The predicted octanol–water partition coefficient (Wildman–Crippen LogP) is 3.00. The monoisotopic (exact) mass is 440 g/mol.